The molecule has 3 aromatic rings. The number of halogens is 2. The lowest BCUT2D eigenvalue weighted by molar-refractivity contribution is 0.771. The van der Waals surface area contributed by atoms with Gasteiger partial charge in [0.2, 0.25) is 5.95 Å². The van der Waals surface area contributed by atoms with Crippen molar-refractivity contribution in [1.29, 1.82) is 0 Å². The lowest BCUT2D eigenvalue weighted by Crippen LogP contribution is -2.24. The van der Waals surface area contributed by atoms with Crippen LogP contribution in [0.5, 0.6) is 0 Å². The first kappa shape index (κ1) is 17.5. The standard InChI is InChI=1S/C18H17Cl2N5/c1-2-25(12-13-6-4-3-5-7-13)18-23-17(11-21-24-18)22-16-10-14(19)8-9-15(16)20/h3-11H,2,12H2,1H3,(H,22,23,24). The SMILES string of the molecule is CCN(Cc1ccccc1)c1nncc(Nc2cc(Cl)ccc2Cl)n1. The molecule has 0 saturated carbocycles. The Kier molecular flexibility index (Phi) is 5.68. The van der Waals surface area contributed by atoms with Crippen molar-refractivity contribution in [1.82, 2.24) is 15.2 Å². The normalized spacial score (nSPS) is 10.5. The number of rotatable bonds is 6. The minimum atomic E-state index is 0.550. The molecule has 0 aliphatic carbocycles. The molecule has 5 nitrogen and oxygen atoms in total. The van der Waals surface area contributed by atoms with Crippen LogP contribution in [0.4, 0.5) is 17.5 Å². The van der Waals surface area contributed by atoms with E-state index < -0.39 is 0 Å². The monoisotopic (exact) mass is 373 g/mol. The molecule has 0 radical (unpaired) electrons. The van der Waals surface area contributed by atoms with Gasteiger partial charge in [0.1, 0.15) is 0 Å². The van der Waals surface area contributed by atoms with Gasteiger partial charge in [0.05, 0.1) is 16.9 Å². The van der Waals surface area contributed by atoms with E-state index >= 15 is 0 Å². The maximum Gasteiger partial charge on any atom is 0.247 e. The minimum Gasteiger partial charge on any atom is -0.338 e. The number of nitrogens with zero attached hydrogens (tertiary/aromatic N) is 4. The molecule has 0 bridgehead atoms. The van der Waals surface area contributed by atoms with Crippen molar-refractivity contribution in [3.63, 3.8) is 0 Å². The highest BCUT2D eigenvalue weighted by molar-refractivity contribution is 6.35. The Bertz CT molecular complexity index is 842. The number of hydrogen-bond donors (Lipinski definition) is 1. The van der Waals surface area contributed by atoms with Crippen LogP contribution in [0, 0.1) is 0 Å². The maximum atomic E-state index is 6.19. The van der Waals surface area contributed by atoms with Gasteiger partial charge in [0.25, 0.3) is 0 Å². The van der Waals surface area contributed by atoms with Gasteiger partial charge in [-0.05, 0) is 30.7 Å². The molecule has 0 aliphatic rings. The molecule has 0 aliphatic heterocycles. The average molecular weight is 374 g/mol. The van der Waals surface area contributed by atoms with Crippen molar-refractivity contribution in [3.05, 3.63) is 70.3 Å². The zero-order chi connectivity index (χ0) is 17.6. The fraction of sp³-hybridized carbons (Fsp3) is 0.167. The highest BCUT2D eigenvalue weighted by atomic mass is 35.5. The second-order valence-corrected chi connectivity index (χ2v) is 6.23. The summed E-state index contributed by atoms with van der Waals surface area (Å²) in [5, 5.41) is 12.5. The lowest BCUT2D eigenvalue weighted by atomic mass is 10.2. The molecule has 3 rings (SSSR count). The van der Waals surface area contributed by atoms with Crippen molar-refractivity contribution < 1.29 is 0 Å². The Morgan fingerprint density at radius 2 is 1.88 bits per heavy atom. The van der Waals surface area contributed by atoms with E-state index in [-0.39, 0.29) is 0 Å². The van der Waals surface area contributed by atoms with Crippen molar-refractivity contribution in [2.24, 2.45) is 0 Å². The van der Waals surface area contributed by atoms with Gasteiger partial charge in [-0.1, -0.05) is 53.5 Å². The number of benzene rings is 2. The summed E-state index contributed by atoms with van der Waals surface area (Å²) in [4.78, 5) is 6.59. The van der Waals surface area contributed by atoms with E-state index in [1.165, 1.54) is 5.56 Å². The average Bonchev–Trinajstić information content (AvgIpc) is 2.64. The van der Waals surface area contributed by atoms with Gasteiger partial charge in [0.15, 0.2) is 5.82 Å². The van der Waals surface area contributed by atoms with Crippen LogP contribution in [0.2, 0.25) is 10.0 Å². The van der Waals surface area contributed by atoms with Gasteiger partial charge >= 0.3 is 0 Å². The second-order valence-electron chi connectivity index (χ2n) is 5.39. The van der Waals surface area contributed by atoms with Crippen LogP contribution in [-0.2, 0) is 6.54 Å². The quantitative estimate of drug-likeness (QED) is 0.662. The van der Waals surface area contributed by atoms with Crippen LogP contribution >= 0.6 is 23.2 Å². The van der Waals surface area contributed by atoms with Crippen LogP contribution in [0.15, 0.2) is 54.7 Å². The summed E-state index contributed by atoms with van der Waals surface area (Å²) >= 11 is 12.2. The zero-order valence-electron chi connectivity index (χ0n) is 13.7. The maximum absolute atomic E-state index is 6.19. The second kappa shape index (κ2) is 8.14. The Morgan fingerprint density at radius 1 is 1.08 bits per heavy atom. The molecule has 1 heterocycles. The number of anilines is 3. The van der Waals surface area contributed by atoms with Crippen LogP contribution in [0.25, 0.3) is 0 Å². The molecule has 2 aromatic carbocycles. The Morgan fingerprint density at radius 3 is 2.64 bits per heavy atom. The predicted molar refractivity (Wildman–Crippen MR) is 103 cm³/mol. The van der Waals surface area contributed by atoms with Crippen LogP contribution in [0.1, 0.15) is 12.5 Å². The summed E-state index contributed by atoms with van der Waals surface area (Å²) in [5.74, 6) is 1.11. The Balaban J connectivity index is 1.81. The summed E-state index contributed by atoms with van der Waals surface area (Å²) in [6.45, 7) is 3.53. The first-order valence-corrected chi connectivity index (χ1v) is 8.62. The number of hydrogen-bond acceptors (Lipinski definition) is 5. The van der Waals surface area contributed by atoms with Gasteiger partial charge in [-0.2, -0.15) is 10.1 Å². The van der Waals surface area contributed by atoms with Gasteiger partial charge < -0.3 is 10.2 Å². The molecule has 1 N–H and O–H groups in total. The van der Waals surface area contributed by atoms with Gasteiger partial charge in [-0.25, -0.2) is 0 Å². The van der Waals surface area contributed by atoms with Crippen LogP contribution in [0.3, 0.4) is 0 Å². The molecule has 0 amide bonds. The van der Waals surface area contributed by atoms with Crippen LogP contribution < -0.4 is 10.2 Å². The van der Waals surface area contributed by atoms with E-state index in [9.17, 15) is 0 Å². The molecule has 25 heavy (non-hydrogen) atoms. The lowest BCUT2D eigenvalue weighted by Gasteiger charge is -2.20. The van der Waals surface area contributed by atoms with E-state index in [1.54, 1.807) is 24.4 Å². The van der Waals surface area contributed by atoms with Crippen molar-refractivity contribution >= 4 is 40.7 Å². The minimum absolute atomic E-state index is 0.550. The summed E-state index contributed by atoms with van der Waals surface area (Å²) in [6, 6.07) is 15.4. The number of nitrogens with one attached hydrogen (secondary N) is 1. The summed E-state index contributed by atoms with van der Waals surface area (Å²) in [6.07, 6.45) is 1.55. The Hall–Kier alpha value is -2.37. The first-order chi connectivity index (χ1) is 12.2. The fourth-order valence-electron chi connectivity index (χ4n) is 2.35. The number of aromatic nitrogens is 3. The third-order valence-electron chi connectivity index (χ3n) is 3.62. The van der Waals surface area contributed by atoms with E-state index in [1.807, 2.05) is 23.1 Å². The van der Waals surface area contributed by atoms with E-state index in [2.05, 4.69) is 39.6 Å². The topological polar surface area (TPSA) is 53.9 Å². The zero-order valence-corrected chi connectivity index (χ0v) is 15.2. The Labute approximate surface area is 156 Å². The van der Waals surface area contributed by atoms with Crippen molar-refractivity contribution in [2.45, 2.75) is 13.5 Å². The van der Waals surface area contributed by atoms with Crippen molar-refractivity contribution in [3.8, 4) is 0 Å². The highest BCUT2D eigenvalue weighted by Crippen LogP contribution is 2.28. The molecule has 0 atom stereocenters. The van der Waals surface area contributed by atoms with Crippen LogP contribution in [-0.4, -0.2) is 21.7 Å². The summed E-state index contributed by atoms with van der Waals surface area (Å²) in [7, 11) is 0. The molecule has 0 fully saturated rings. The molecule has 0 unspecified atom stereocenters. The summed E-state index contributed by atoms with van der Waals surface area (Å²) < 4.78 is 0. The van der Waals surface area contributed by atoms with Gasteiger partial charge in [-0.3, -0.25) is 0 Å². The third kappa shape index (κ3) is 4.59. The molecule has 128 valence electrons. The highest BCUT2D eigenvalue weighted by Gasteiger charge is 2.11. The van der Waals surface area contributed by atoms with E-state index in [0.29, 0.717) is 34.0 Å². The van der Waals surface area contributed by atoms with E-state index in [4.69, 9.17) is 23.2 Å². The molecule has 0 saturated heterocycles. The molecule has 1 aromatic heterocycles. The molecule has 7 heteroatoms. The van der Waals surface area contributed by atoms with Crippen molar-refractivity contribution in [2.75, 3.05) is 16.8 Å². The third-order valence-corrected chi connectivity index (χ3v) is 4.18. The fourth-order valence-corrected chi connectivity index (χ4v) is 2.68. The smallest absolute Gasteiger partial charge is 0.247 e. The first-order valence-electron chi connectivity index (χ1n) is 7.86. The molecular weight excluding hydrogens is 357 g/mol. The molecule has 0 spiro atoms. The van der Waals surface area contributed by atoms with Gasteiger partial charge in [-0.15, -0.1) is 5.10 Å². The summed E-state index contributed by atoms with van der Waals surface area (Å²) in [5.41, 5.74) is 1.86. The van der Waals surface area contributed by atoms with Gasteiger partial charge in [0, 0.05) is 18.1 Å². The predicted octanol–water partition coefficient (Wildman–Crippen LogP) is 4.95. The van der Waals surface area contributed by atoms with E-state index in [0.717, 1.165) is 6.54 Å². The largest absolute Gasteiger partial charge is 0.338 e. The molecular formula is C18H17Cl2N5.